The maximum atomic E-state index is 4.53. The summed E-state index contributed by atoms with van der Waals surface area (Å²) < 4.78 is 0. The number of nitrogens with zero attached hydrogens (tertiary/aromatic N) is 5. The van der Waals surface area contributed by atoms with Crippen molar-refractivity contribution in [2.75, 3.05) is 11.8 Å². The molecule has 5 nitrogen and oxygen atoms in total. The van der Waals surface area contributed by atoms with E-state index in [4.69, 9.17) is 0 Å². The number of fused-ring (bicyclic) bond motifs is 2. The van der Waals surface area contributed by atoms with Crippen molar-refractivity contribution in [3.05, 3.63) is 54.9 Å². The minimum atomic E-state index is 0.668. The number of hydrogen-bond acceptors (Lipinski definition) is 4. The lowest BCUT2D eigenvalue weighted by molar-refractivity contribution is 0.490. The van der Waals surface area contributed by atoms with Gasteiger partial charge < -0.3 is 4.90 Å². The molecule has 0 N–H and O–H groups in total. The largest absolute Gasteiger partial charge is 0.310 e. The van der Waals surface area contributed by atoms with Crippen LogP contribution in [0.5, 0.6) is 0 Å². The smallest absolute Gasteiger partial charge is 0.156 e. The molecule has 0 fully saturated rings. The van der Waals surface area contributed by atoms with Crippen LogP contribution in [0.3, 0.4) is 0 Å². The second-order valence-electron chi connectivity index (χ2n) is 4.16. The molecule has 0 bridgehead atoms. The molecular formula is C13H10N5. The molecule has 18 heavy (non-hydrogen) atoms. The zero-order chi connectivity index (χ0) is 11.9. The number of amidine groups is 1. The van der Waals surface area contributed by atoms with Crippen molar-refractivity contribution in [1.29, 1.82) is 0 Å². The average Bonchev–Trinajstić information content (AvgIpc) is 3.02. The Balaban J connectivity index is 1.79. The molecule has 2 aliphatic rings. The van der Waals surface area contributed by atoms with Crippen molar-refractivity contribution in [2.24, 2.45) is 5.10 Å². The number of rotatable bonds is 1. The fourth-order valence-electron chi connectivity index (χ4n) is 2.15. The summed E-state index contributed by atoms with van der Waals surface area (Å²) >= 11 is 0. The number of aromatic nitrogens is 2. The number of allylic oxidation sites excluding steroid dienone is 2. The highest BCUT2D eigenvalue weighted by atomic mass is 15.8. The van der Waals surface area contributed by atoms with E-state index in [1.165, 1.54) is 0 Å². The van der Waals surface area contributed by atoms with Gasteiger partial charge in [0, 0.05) is 11.6 Å². The van der Waals surface area contributed by atoms with Crippen LogP contribution >= 0.6 is 0 Å². The van der Waals surface area contributed by atoms with E-state index >= 15 is 0 Å². The van der Waals surface area contributed by atoms with E-state index in [2.05, 4.69) is 21.2 Å². The van der Waals surface area contributed by atoms with Crippen LogP contribution in [0.1, 0.15) is 0 Å². The fourth-order valence-corrected chi connectivity index (χ4v) is 2.15. The van der Waals surface area contributed by atoms with Gasteiger partial charge in [-0.1, -0.05) is 18.2 Å². The van der Waals surface area contributed by atoms with Crippen LogP contribution in [0.4, 0.5) is 0 Å². The number of hydrogen-bond donors (Lipinski definition) is 0. The Morgan fingerprint density at radius 3 is 3.22 bits per heavy atom. The first-order valence-corrected chi connectivity index (χ1v) is 5.74. The molecule has 0 amide bonds. The molecule has 5 heteroatoms. The summed E-state index contributed by atoms with van der Waals surface area (Å²) in [4.78, 5) is 3.87. The molecule has 0 atom stereocenters. The standard InChI is InChI=1S/C13H10N5/c1-2-6-12-11(5-1)9-14-18(12)17-10-16-8-4-3-7-13(16)15-17/h1,3-9H,10H2. The van der Waals surface area contributed by atoms with E-state index in [0.29, 0.717) is 6.67 Å². The number of benzene rings is 1. The highest BCUT2D eigenvalue weighted by Gasteiger charge is 2.22. The Hall–Kier alpha value is -2.56. The van der Waals surface area contributed by atoms with Crippen molar-refractivity contribution in [3.63, 3.8) is 0 Å². The summed E-state index contributed by atoms with van der Waals surface area (Å²) in [6.07, 6.45) is 9.81. The molecule has 1 aromatic heterocycles. The lowest BCUT2D eigenvalue weighted by Crippen LogP contribution is -2.33. The zero-order valence-corrected chi connectivity index (χ0v) is 9.56. The van der Waals surface area contributed by atoms with E-state index < -0.39 is 0 Å². The Morgan fingerprint density at radius 2 is 2.28 bits per heavy atom. The summed E-state index contributed by atoms with van der Waals surface area (Å²) in [6.45, 7) is 0.668. The predicted molar refractivity (Wildman–Crippen MR) is 69.2 cm³/mol. The molecule has 2 aromatic rings. The molecule has 1 radical (unpaired) electrons. The van der Waals surface area contributed by atoms with Gasteiger partial charge in [-0.15, -0.1) is 5.10 Å². The van der Waals surface area contributed by atoms with Crippen LogP contribution in [-0.4, -0.2) is 27.3 Å². The van der Waals surface area contributed by atoms with Crippen molar-refractivity contribution in [1.82, 2.24) is 14.8 Å². The molecule has 4 rings (SSSR count). The van der Waals surface area contributed by atoms with E-state index in [1.54, 1.807) is 4.79 Å². The normalized spacial score (nSPS) is 17.4. The van der Waals surface area contributed by atoms with E-state index in [9.17, 15) is 0 Å². The van der Waals surface area contributed by atoms with Crippen LogP contribution < -0.4 is 5.12 Å². The van der Waals surface area contributed by atoms with Crippen molar-refractivity contribution < 1.29 is 0 Å². The van der Waals surface area contributed by atoms with Gasteiger partial charge in [-0.25, -0.2) is 0 Å². The van der Waals surface area contributed by atoms with Gasteiger partial charge in [0.1, 0.15) is 6.67 Å². The van der Waals surface area contributed by atoms with Crippen molar-refractivity contribution in [2.45, 2.75) is 0 Å². The lowest BCUT2D eigenvalue weighted by Gasteiger charge is -2.17. The quantitative estimate of drug-likeness (QED) is 0.752. The second-order valence-corrected chi connectivity index (χ2v) is 4.16. The van der Waals surface area contributed by atoms with Crippen LogP contribution in [0.2, 0.25) is 0 Å². The number of hydrazone groups is 1. The Morgan fingerprint density at radius 1 is 1.28 bits per heavy atom. The van der Waals surface area contributed by atoms with Crippen molar-refractivity contribution >= 4 is 16.7 Å². The van der Waals surface area contributed by atoms with Gasteiger partial charge in [0.2, 0.25) is 0 Å². The third-order valence-corrected chi connectivity index (χ3v) is 3.03. The molecular weight excluding hydrogens is 226 g/mol. The third kappa shape index (κ3) is 1.27. The monoisotopic (exact) mass is 236 g/mol. The molecule has 87 valence electrons. The van der Waals surface area contributed by atoms with E-state index in [-0.39, 0.29) is 0 Å². The van der Waals surface area contributed by atoms with E-state index in [1.807, 2.05) is 53.9 Å². The van der Waals surface area contributed by atoms with Crippen LogP contribution in [0.25, 0.3) is 10.9 Å². The van der Waals surface area contributed by atoms with Gasteiger partial charge in [-0.05, 0) is 24.3 Å². The molecule has 2 aliphatic heterocycles. The summed E-state index contributed by atoms with van der Waals surface area (Å²) in [6, 6.07) is 8.88. The SMILES string of the molecule is [c]1ccc2cnn(N3CN4C=CC=CC4=N3)c2c1. The molecule has 0 saturated carbocycles. The fraction of sp³-hybridized carbons (Fsp3) is 0.0769. The molecule has 0 unspecified atom stereocenters. The van der Waals surface area contributed by atoms with Gasteiger partial charge >= 0.3 is 0 Å². The maximum absolute atomic E-state index is 4.53. The summed E-state index contributed by atoms with van der Waals surface area (Å²) in [5.74, 6) is 0.932. The maximum Gasteiger partial charge on any atom is 0.156 e. The zero-order valence-electron chi connectivity index (χ0n) is 9.56. The minimum Gasteiger partial charge on any atom is -0.310 e. The van der Waals surface area contributed by atoms with Crippen LogP contribution in [0, 0.1) is 6.07 Å². The third-order valence-electron chi connectivity index (χ3n) is 3.03. The molecule has 3 heterocycles. The lowest BCUT2D eigenvalue weighted by atomic mass is 10.3. The van der Waals surface area contributed by atoms with Gasteiger partial charge in [-0.2, -0.15) is 15.0 Å². The van der Waals surface area contributed by atoms with Gasteiger partial charge in [0.15, 0.2) is 5.84 Å². The second kappa shape index (κ2) is 3.46. The predicted octanol–water partition coefficient (Wildman–Crippen LogP) is 1.44. The first kappa shape index (κ1) is 9.47. The van der Waals surface area contributed by atoms with E-state index in [0.717, 1.165) is 16.7 Å². The van der Waals surface area contributed by atoms with Crippen molar-refractivity contribution in [3.8, 4) is 0 Å². The highest BCUT2D eigenvalue weighted by molar-refractivity contribution is 5.96. The molecule has 0 aliphatic carbocycles. The topological polar surface area (TPSA) is 36.7 Å². The average molecular weight is 236 g/mol. The summed E-state index contributed by atoms with van der Waals surface area (Å²) in [5.41, 5.74) is 1.01. The van der Waals surface area contributed by atoms with Crippen LogP contribution in [0.15, 0.2) is 53.9 Å². The van der Waals surface area contributed by atoms with Gasteiger partial charge in [0.25, 0.3) is 0 Å². The van der Waals surface area contributed by atoms with Gasteiger partial charge in [0.05, 0.1) is 11.7 Å². The summed E-state index contributed by atoms with van der Waals surface area (Å²) in [7, 11) is 0. The highest BCUT2D eigenvalue weighted by Crippen LogP contribution is 2.17. The Bertz CT molecular complexity index is 694. The minimum absolute atomic E-state index is 0.668. The Labute approximate surface area is 104 Å². The molecule has 0 spiro atoms. The summed E-state index contributed by atoms with van der Waals surface area (Å²) in [5, 5.41) is 11.8. The molecule has 0 saturated heterocycles. The van der Waals surface area contributed by atoms with Gasteiger partial charge in [-0.3, -0.25) is 0 Å². The molecule has 1 aromatic carbocycles. The van der Waals surface area contributed by atoms with Crippen LogP contribution in [-0.2, 0) is 0 Å². The first-order chi connectivity index (χ1) is 8.92. The first-order valence-electron chi connectivity index (χ1n) is 5.74. The Kier molecular flexibility index (Phi) is 1.82.